The normalized spacial score (nSPS) is 14.4. The molecule has 0 aliphatic carbocycles. The SMILES string of the molecule is CC(N)(CO)c1ccc(N)c(C#N)c1. The standard InChI is InChI=1S/C10H13N3O/c1-10(13,6-14)8-2-3-9(12)7(4-8)5-11/h2-4,14H,6,12-13H2,1H3. The highest BCUT2D eigenvalue weighted by molar-refractivity contribution is 5.56. The molecular formula is C10H13N3O. The van der Waals surface area contributed by atoms with E-state index in [0.717, 1.165) is 0 Å². The highest BCUT2D eigenvalue weighted by Gasteiger charge is 2.20. The van der Waals surface area contributed by atoms with Crippen LogP contribution in [-0.4, -0.2) is 11.7 Å². The quantitative estimate of drug-likeness (QED) is 0.586. The van der Waals surface area contributed by atoms with Gasteiger partial charge in [0.15, 0.2) is 0 Å². The number of anilines is 1. The van der Waals surface area contributed by atoms with Crippen molar-refractivity contribution in [2.45, 2.75) is 12.5 Å². The van der Waals surface area contributed by atoms with Crippen molar-refractivity contribution >= 4 is 5.69 Å². The second-order valence-corrected chi connectivity index (χ2v) is 3.49. The summed E-state index contributed by atoms with van der Waals surface area (Å²) in [5, 5.41) is 17.8. The maximum atomic E-state index is 9.04. The average molecular weight is 191 g/mol. The summed E-state index contributed by atoms with van der Waals surface area (Å²) in [6.07, 6.45) is 0. The molecule has 4 heteroatoms. The smallest absolute Gasteiger partial charge is 0.101 e. The summed E-state index contributed by atoms with van der Waals surface area (Å²) in [5.74, 6) is 0. The summed E-state index contributed by atoms with van der Waals surface area (Å²) >= 11 is 0. The van der Waals surface area contributed by atoms with Crippen LogP contribution in [0, 0.1) is 11.3 Å². The lowest BCUT2D eigenvalue weighted by atomic mass is 9.92. The van der Waals surface area contributed by atoms with E-state index in [1.165, 1.54) is 0 Å². The van der Waals surface area contributed by atoms with Crippen LogP contribution < -0.4 is 11.5 Å². The molecule has 0 aliphatic heterocycles. The Kier molecular flexibility index (Phi) is 2.75. The minimum atomic E-state index is -0.834. The minimum Gasteiger partial charge on any atom is -0.398 e. The second-order valence-electron chi connectivity index (χ2n) is 3.49. The number of hydrogen-bond donors (Lipinski definition) is 3. The van der Waals surface area contributed by atoms with Gasteiger partial charge in [-0.25, -0.2) is 0 Å². The van der Waals surface area contributed by atoms with Gasteiger partial charge in [0, 0.05) is 5.69 Å². The maximum absolute atomic E-state index is 9.04. The molecule has 4 nitrogen and oxygen atoms in total. The molecular weight excluding hydrogens is 178 g/mol. The minimum absolute atomic E-state index is 0.179. The number of nitrogens with zero attached hydrogens (tertiary/aromatic N) is 1. The van der Waals surface area contributed by atoms with Crippen LogP contribution in [0.15, 0.2) is 18.2 Å². The topological polar surface area (TPSA) is 96.1 Å². The largest absolute Gasteiger partial charge is 0.398 e. The third kappa shape index (κ3) is 1.84. The van der Waals surface area contributed by atoms with Crippen molar-refractivity contribution in [1.29, 1.82) is 5.26 Å². The zero-order valence-electron chi connectivity index (χ0n) is 7.99. The first-order chi connectivity index (χ1) is 6.51. The van der Waals surface area contributed by atoms with Crippen molar-refractivity contribution in [3.8, 4) is 6.07 Å². The van der Waals surface area contributed by atoms with Crippen molar-refractivity contribution < 1.29 is 5.11 Å². The monoisotopic (exact) mass is 191 g/mol. The molecule has 0 fully saturated rings. The van der Waals surface area contributed by atoms with Gasteiger partial charge in [0.05, 0.1) is 17.7 Å². The Morgan fingerprint density at radius 2 is 2.21 bits per heavy atom. The summed E-state index contributed by atoms with van der Waals surface area (Å²) in [6.45, 7) is 1.52. The van der Waals surface area contributed by atoms with E-state index < -0.39 is 5.54 Å². The van der Waals surface area contributed by atoms with Crippen molar-refractivity contribution in [2.24, 2.45) is 5.73 Å². The van der Waals surface area contributed by atoms with Crippen LogP contribution in [-0.2, 0) is 5.54 Å². The molecule has 0 radical (unpaired) electrons. The Labute approximate surface area is 82.8 Å². The van der Waals surface area contributed by atoms with Crippen LogP contribution in [0.5, 0.6) is 0 Å². The summed E-state index contributed by atoms with van der Waals surface area (Å²) in [4.78, 5) is 0. The van der Waals surface area contributed by atoms with Crippen molar-refractivity contribution in [3.63, 3.8) is 0 Å². The number of nitriles is 1. The first-order valence-corrected chi connectivity index (χ1v) is 4.21. The molecule has 5 N–H and O–H groups in total. The number of rotatable bonds is 2. The maximum Gasteiger partial charge on any atom is 0.101 e. The summed E-state index contributed by atoms with van der Waals surface area (Å²) in [7, 11) is 0. The third-order valence-corrected chi connectivity index (χ3v) is 2.16. The van der Waals surface area contributed by atoms with E-state index >= 15 is 0 Å². The Hall–Kier alpha value is -1.57. The van der Waals surface area contributed by atoms with Gasteiger partial charge in [-0.15, -0.1) is 0 Å². The Morgan fingerprint density at radius 1 is 1.57 bits per heavy atom. The molecule has 0 bridgehead atoms. The predicted molar refractivity (Wildman–Crippen MR) is 54.2 cm³/mol. The van der Waals surface area contributed by atoms with Gasteiger partial charge in [-0.2, -0.15) is 5.26 Å². The van der Waals surface area contributed by atoms with Crippen LogP contribution in [0.1, 0.15) is 18.1 Å². The Morgan fingerprint density at radius 3 is 2.71 bits per heavy atom. The zero-order chi connectivity index (χ0) is 10.8. The molecule has 14 heavy (non-hydrogen) atoms. The lowest BCUT2D eigenvalue weighted by Crippen LogP contribution is -2.37. The van der Waals surface area contributed by atoms with Crippen LogP contribution in [0.4, 0.5) is 5.69 Å². The average Bonchev–Trinajstić information content (AvgIpc) is 2.18. The molecule has 0 heterocycles. The van der Waals surface area contributed by atoms with Gasteiger partial charge in [0.2, 0.25) is 0 Å². The van der Waals surface area contributed by atoms with Crippen LogP contribution in [0.25, 0.3) is 0 Å². The summed E-state index contributed by atoms with van der Waals surface area (Å²) in [6, 6.07) is 6.91. The first-order valence-electron chi connectivity index (χ1n) is 4.21. The molecule has 1 aromatic carbocycles. The third-order valence-electron chi connectivity index (χ3n) is 2.16. The molecule has 1 rings (SSSR count). The number of nitrogens with two attached hydrogens (primary N) is 2. The van der Waals surface area contributed by atoms with Gasteiger partial charge < -0.3 is 16.6 Å². The highest BCUT2D eigenvalue weighted by atomic mass is 16.3. The number of benzene rings is 1. The van der Waals surface area contributed by atoms with Gasteiger partial charge in [0.25, 0.3) is 0 Å². The lowest BCUT2D eigenvalue weighted by Gasteiger charge is -2.22. The number of aliphatic hydroxyl groups is 1. The fourth-order valence-corrected chi connectivity index (χ4v) is 1.10. The fraction of sp³-hybridized carbons (Fsp3) is 0.300. The number of hydrogen-bond acceptors (Lipinski definition) is 4. The van der Waals surface area contributed by atoms with E-state index in [1.807, 2.05) is 6.07 Å². The van der Waals surface area contributed by atoms with Crippen molar-refractivity contribution in [1.82, 2.24) is 0 Å². The molecule has 0 saturated carbocycles. The van der Waals surface area contributed by atoms with Gasteiger partial charge in [-0.05, 0) is 24.6 Å². The van der Waals surface area contributed by atoms with E-state index in [4.69, 9.17) is 21.8 Å². The molecule has 0 aliphatic rings. The highest BCUT2D eigenvalue weighted by Crippen LogP contribution is 2.21. The zero-order valence-corrected chi connectivity index (χ0v) is 7.99. The van der Waals surface area contributed by atoms with E-state index in [2.05, 4.69) is 0 Å². The van der Waals surface area contributed by atoms with Crippen LogP contribution in [0.3, 0.4) is 0 Å². The molecule has 1 unspecified atom stereocenters. The van der Waals surface area contributed by atoms with Gasteiger partial charge >= 0.3 is 0 Å². The second kappa shape index (κ2) is 3.66. The van der Waals surface area contributed by atoms with Crippen molar-refractivity contribution in [3.05, 3.63) is 29.3 Å². The molecule has 0 saturated heterocycles. The first kappa shape index (κ1) is 10.5. The molecule has 74 valence electrons. The Bertz CT molecular complexity index is 379. The van der Waals surface area contributed by atoms with E-state index in [1.54, 1.807) is 25.1 Å². The number of nitrogen functional groups attached to an aromatic ring is 1. The summed E-state index contributed by atoms with van der Waals surface area (Å²) in [5.41, 5.74) is 12.0. The molecule has 1 aromatic rings. The lowest BCUT2D eigenvalue weighted by molar-refractivity contribution is 0.210. The van der Waals surface area contributed by atoms with E-state index in [9.17, 15) is 0 Å². The predicted octanol–water partition coefficient (Wildman–Crippen LogP) is 0.307. The molecule has 0 amide bonds. The van der Waals surface area contributed by atoms with E-state index in [0.29, 0.717) is 16.8 Å². The van der Waals surface area contributed by atoms with Crippen molar-refractivity contribution in [2.75, 3.05) is 12.3 Å². The summed E-state index contributed by atoms with van der Waals surface area (Å²) < 4.78 is 0. The Balaban J connectivity index is 3.21. The van der Waals surface area contributed by atoms with Gasteiger partial charge in [-0.1, -0.05) is 6.07 Å². The molecule has 0 spiro atoms. The van der Waals surface area contributed by atoms with Gasteiger partial charge in [-0.3, -0.25) is 0 Å². The van der Waals surface area contributed by atoms with E-state index in [-0.39, 0.29) is 6.61 Å². The number of aliphatic hydroxyl groups excluding tert-OH is 1. The van der Waals surface area contributed by atoms with Crippen LogP contribution in [0.2, 0.25) is 0 Å². The van der Waals surface area contributed by atoms with Gasteiger partial charge in [0.1, 0.15) is 6.07 Å². The fourth-order valence-electron chi connectivity index (χ4n) is 1.10. The molecule has 1 atom stereocenters. The van der Waals surface area contributed by atoms with Crippen LogP contribution >= 0.6 is 0 Å². The molecule has 0 aromatic heterocycles.